The lowest BCUT2D eigenvalue weighted by Crippen LogP contribution is -2.61. The van der Waals surface area contributed by atoms with Crippen molar-refractivity contribution >= 4 is 29.9 Å². The molecule has 1 aromatic rings. The summed E-state index contributed by atoms with van der Waals surface area (Å²) in [5.41, 5.74) is 1.33. The van der Waals surface area contributed by atoms with Crippen LogP contribution in [-0.2, 0) is 14.3 Å². The number of likely N-dealkylation sites (N-methyl/N-ethyl adjacent to an activating group) is 1. The Morgan fingerprint density at radius 1 is 1.25 bits per heavy atom. The molecule has 6 nitrogen and oxygen atoms in total. The van der Waals surface area contributed by atoms with E-state index in [-0.39, 0.29) is 29.8 Å². The Morgan fingerprint density at radius 2 is 1.91 bits per heavy atom. The van der Waals surface area contributed by atoms with Gasteiger partial charge in [0.2, 0.25) is 5.91 Å². The fraction of sp³-hybridized carbons (Fsp3) is 0.440. The van der Waals surface area contributed by atoms with Crippen LogP contribution in [0.15, 0.2) is 67.4 Å². The fourth-order valence-corrected chi connectivity index (χ4v) is 4.34. The number of carbonyl (C=O) groups excluding carboxylic acids is 2. The molecule has 3 rings (SSSR count). The van der Waals surface area contributed by atoms with Crippen LogP contribution in [0.5, 0.6) is 0 Å². The first-order valence-electron chi connectivity index (χ1n) is 10.9. The zero-order valence-corrected chi connectivity index (χ0v) is 19.9. The van der Waals surface area contributed by atoms with Crippen LogP contribution in [0.2, 0.25) is 0 Å². The number of halogens is 1. The summed E-state index contributed by atoms with van der Waals surface area (Å²) in [6.07, 6.45) is 6.75. The number of para-hydroxylation sites is 1. The normalized spacial score (nSPS) is 21.1. The lowest BCUT2D eigenvalue weighted by molar-refractivity contribution is -0.161. The molecule has 2 amide bonds. The highest BCUT2D eigenvalue weighted by Gasteiger charge is 2.45. The summed E-state index contributed by atoms with van der Waals surface area (Å²) in [6.45, 7) is 12.2. The molecule has 2 heterocycles. The maximum Gasteiger partial charge on any atom is 0.255 e. The number of carbonyl (C=O) groups is 2. The van der Waals surface area contributed by atoms with E-state index in [2.05, 4.69) is 18.1 Å². The van der Waals surface area contributed by atoms with Crippen molar-refractivity contribution in [1.82, 2.24) is 9.80 Å². The number of ether oxygens (including phenoxy) is 1. The SMILES string of the molecule is C=C/C=C(\C=C)N(C)C(=O)CCN1CCC2(CC1)CN(c1ccccc1)C(=O)C(C)O2.Cl. The van der Waals surface area contributed by atoms with Gasteiger partial charge in [0, 0.05) is 44.5 Å². The lowest BCUT2D eigenvalue weighted by atomic mass is 9.88. The van der Waals surface area contributed by atoms with Crippen molar-refractivity contribution < 1.29 is 14.3 Å². The van der Waals surface area contributed by atoms with Crippen molar-refractivity contribution in [1.29, 1.82) is 0 Å². The molecule has 0 saturated carbocycles. The molecule has 1 unspecified atom stereocenters. The summed E-state index contributed by atoms with van der Waals surface area (Å²) >= 11 is 0. The van der Waals surface area contributed by atoms with E-state index in [1.165, 1.54) is 0 Å². The summed E-state index contributed by atoms with van der Waals surface area (Å²) in [5, 5.41) is 0. The third-order valence-corrected chi connectivity index (χ3v) is 6.22. The average Bonchev–Trinajstić information content (AvgIpc) is 2.79. The maximum absolute atomic E-state index is 12.7. The van der Waals surface area contributed by atoms with Crippen molar-refractivity contribution in [3.8, 4) is 0 Å². The second-order valence-corrected chi connectivity index (χ2v) is 8.28. The average molecular weight is 460 g/mol. The van der Waals surface area contributed by atoms with Gasteiger partial charge in [-0.3, -0.25) is 9.59 Å². The van der Waals surface area contributed by atoms with Crippen LogP contribution in [0, 0.1) is 0 Å². The number of amides is 2. The third-order valence-electron chi connectivity index (χ3n) is 6.22. The Bertz CT molecular complexity index is 847. The van der Waals surface area contributed by atoms with E-state index in [0.29, 0.717) is 19.5 Å². The second-order valence-electron chi connectivity index (χ2n) is 8.28. The van der Waals surface area contributed by atoms with Gasteiger partial charge in [0.15, 0.2) is 0 Å². The molecular weight excluding hydrogens is 426 g/mol. The second kappa shape index (κ2) is 11.5. The van der Waals surface area contributed by atoms with Gasteiger partial charge < -0.3 is 19.4 Å². The molecule has 2 saturated heterocycles. The Balaban J connectivity index is 0.00000363. The molecular formula is C25H34ClN3O3. The summed E-state index contributed by atoms with van der Waals surface area (Å²) in [7, 11) is 1.76. The third kappa shape index (κ3) is 5.88. The minimum atomic E-state index is -0.454. The summed E-state index contributed by atoms with van der Waals surface area (Å²) in [4.78, 5) is 31.0. The maximum atomic E-state index is 12.7. The van der Waals surface area contributed by atoms with Gasteiger partial charge in [-0.1, -0.05) is 37.4 Å². The van der Waals surface area contributed by atoms with Gasteiger partial charge in [-0.25, -0.2) is 0 Å². The zero-order valence-electron chi connectivity index (χ0n) is 19.0. The minimum Gasteiger partial charge on any atom is -0.360 e. The highest BCUT2D eigenvalue weighted by atomic mass is 35.5. The van der Waals surface area contributed by atoms with Gasteiger partial charge in [0.1, 0.15) is 6.10 Å². The van der Waals surface area contributed by atoms with E-state index < -0.39 is 6.10 Å². The summed E-state index contributed by atoms with van der Waals surface area (Å²) < 4.78 is 6.24. The predicted octanol–water partition coefficient (Wildman–Crippen LogP) is 3.80. The summed E-state index contributed by atoms with van der Waals surface area (Å²) in [5.74, 6) is 0.0650. The molecule has 1 spiro atoms. The van der Waals surface area contributed by atoms with Crippen LogP contribution in [0.25, 0.3) is 0 Å². The van der Waals surface area contributed by atoms with Gasteiger partial charge in [0.25, 0.3) is 5.91 Å². The van der Waals surface area contributed by atoms with Crippen LogP contribution in [0.3, 0.4) is 0 Å². The van der Waals surface area contributed by atoms with Gasteiger partial charge in [0.05, 0.1) is 12.1 Å². The fourth-order valence-electron chi connectivity index (χ4n) is 4.34. The van der Waals surface area contributed by atoms with Crippen LogP contribution in [-0.4, -0.2) is 66.5 Å². The molecule has 2 fully saturated rings. The van der Waals surface area contributed by atoms with Crippen molar-refractivity contribution in [2.75, 3.05) is 38.1 Å². The molecule has 174 valence electrons. The highest BCUT2D eigenvalue weighted by molar-refractivity contribution is 5.97. The number of hydrogen-bond acceptors (Lipinski definition) is 4. The molecule has 2 aliphatic heterocycles. The number of hydrogen-bond donors (Lipinski definition) is 0. The van der Waals surface area contributed by atoms with E-state index in [4.69, 9.17) is 4.74 Å². The Labute approximate surface area is 197 Å². The predicted molar refractivity (Wildman–Crippen MR) is 131 cm³/mol. The molecule has 0 aliphatic carbocycles. The number of morpholine rings is 1. The quantitative estimate of drug-likeness (QED) is 0.582. The Kier molecular flexibility index (Phi) is 9.25. The number of piperidine rings is 1. The molecule has 1 atom stereocenters. The highest BCUT2D eigenvalue weighted by Crippen LogP contribution is 2.35. The summed E-state index contributed by atoms with van der Waals surface area (Å²) in [6, 6.07) is 9.80. The van der Waals surface area contributed by atoms with E-state index in [1.54, 1.807) is 30.2 Å². The standard InChI is InChI=1S/C25H33N3O3.ClH/c1-5-10-21(6-2)26(4)23(29)13-16-27-17-14-25(15-18-27)19-28(24(30)20(3)31-25)22-11-8-7-9-12-22;/h5-12,20H,1-2,13-19H2,3-4H3;1H/b21-10+;. The number of benzene rings is 1. The van der Waals surface area contributed by atoms with E-state index in [0.717, 1.165) is 37.3 Å². The number of likely N-dealkylation sites (tertiary alicyclic amines) is 1. The molecule has 32 heavy (non-hydrogen) atoms. The van der Waals surface area contributed by atoms with E-state index >= 15 is 0 Å². The number of anilines is 1. The van der Waals surface area contributed by atoms with Crippen LogP contribution < -0.4 is 4.90 Å². The van der Waals surface area contributed by atoms with Gasteiger partial charge in [-0.2, -0.15) is 0 Å². The first kappa shape index (κ1) is 25.8. The zero-order chi connectivity index (χ0) is 22.4. The monoisotopic (exact) mass is 459 g/mol. The first-order chi connectivity index (χ1) is 14.9. The Morgan fingerprint density at radius 3 is 2.50 bits per heavy atom. The molecule has 2 aliphatic rings. The van der Waals surface area contributed by atoms with Crippen molar-refractivity contribution in [3.05, 3.63) is 67.4 Å². The van der Waals surface area contributed by atoms with Gasteiger partial charge in [-0.05, 0) is 44.1 Å². The minimum absolute atomic E-state index is 0. The van der Waals surface area contributed by atoms with Crippen molar-refractivity contribution in [2.45, 2.75) is 37.9 Å². The van der Waals surface area contributed by atoms with Gasteiger partial charge in [-0.15, -0.1) is 12.4 Å². The van der Waals surface area contributed by atoms with Gasteiger partial charge >= 0.3 is 0 Å². The van der Waals surface area contributed by atoms with E-state index in [9.17, 15) is 9.59 Å². The molecule has 0 aromatic heterocycles. The molecule has 1 aromatic carbocycles. The molecule has 0 N–H and O–H groups in total. The largest absolute Gasteiger partial charge is 0.360 e. The molecule has 0 bridgehead atoms. The number of rotatable bonds is 7. The number of allylic oxidation sites excluding steroid dienone is 3. The van der Waals surface area contributed by atoms with E-state index in [1.807, 2.05) is 42.2 Å². The first-order valence-corrected chi connectivity index (χ1v) is 10.9. The van der Waals surface area contributed by atoms with Crippen LogP contribution in [0.1, 0.15) is 26.2 Å². The van der Waals surface area contributed by atoms with Crippen molar-refractivity contribution in [3.63, 3.8) is 0 Å². The molecule has 0 radical (unpaired) electrons. The lowest BCUT2D eigenvalue weighted by Gasteiger charge is -2.49. The van der Waals surface area contributed by atoms with Crippen molar-refractivity contribution in [2.24, 2.45) is 0 Å². The van der Waals surface area contributed by atoms with Crippen LogP contribution >= 0.6 is 12.4 Å². The Hall–Kier alpha value is -2.41. The number of nitrogens with zero attached hydrogens (tertiary/aromatic N) is 3. The topological polar surface area (TPSA) is 53.1 Å². The molecule has 7 heteroatoms. The smallest absolute Gasteiger partial charge is 0.255 e. The van der Waals surface area contributed by atoms with Crippen LogP contribution in [0.4, 0.5) is 5.69 Å².